The van der Waals surface area contributed by atoms with E-state index in [1.807, 2.05) is 0 Å². The molecule has 0 spiro atoms. The Balaban J connectivity index is 1.78. The molecule has 0 aromatic carbocycles. The molecular weight excluding hydrogens is 208 g/mol. The zero-order valence-corrected chi connectivity index (χ0v) is 9.56. The van der Waals surface area contributed by atoms with Gasteiger partial charge in [0.1, 0.15) is 0 Å². The van der Waals surface area contributed by atoms with Crippen LogP contribution in [0.25, 0.3) is 0 Å². The van der Waals surface area contributed by atoms with Gasteiger partial charge in [0.2, 0.25) is 0 Å². The van der Waals surface area contributed by atoms with Gasteiger partial charge in [-0.2, -0.15) is 0 Å². The minimum Gasteiger partial charge on any atom is -0.481 e. The van der Waals surface area contributed by atoms with Crippen LogP contribution >= 0.6 is 0 Å². The van der Waals surface area contributed by atoms with E-state index in [9.17, 15) is 4.79 Å². The molecular formula is C12H20O4. The van der Waals surface area contributed by atoms with Crippen LogP contribution in [0.15, 0.2) is 0 Å². The quantitative estimate of drug-likeness (QED) is 0.800. The third-order valence-corrected chi connectivity index (χ3v) is 3.53. The molecule has 4 heteroatoms. The topological polar surface area (TPSA) is 55.8 Å². The molecule has 2 aliphatic rings. The van der Waals surface area contributed by atoms with E-state index in [0.717, 1.165) is 45.3 Å². The highest BCUT2D eigenvalue weighted by atomic mass is 16.5. The fourth-order valence-corrected chi connectivity index (χ4v) is 2.58. The Labute approximate surface area is 95.9 Å². The van der Waals surface area contributed by atoms with Gasteiger partial charge < -0.3 is 14.6 Å². The van der Waals surface area contributed by atoms with Crippen LogP contribution < -0.4 is 0 Å². The average molecular weight is 228 g/mol. The van der Waals surface area contributed by atoms with Gasteiger partial charge in [-0.15, -0.1) is 0 Å². The predicted octanol–water partition coefficient (Wildman–Crippen LogP) is 1.83. The largest absolute Gasteiger partial charge is 0.481 e. The van der Waals surface area contributed by atoms with Crippen molar-refractivity contribution < 1.29 is 19.4 Å². The van der Waals surface area contributed by atoms with Crippen molar-refractivity contribution in [3.05, 3.63) is 0 Å². The van der Waals surface area contributed by atoms with E-state index in [4.69, 9.17) is 14.6 Å². The van der Waals surface area contributed by atoms with Crippen LogP contribution in [-0.4, -0.2) is 36.5 Å². The zero-order valence-electron chi connectivity index (χ0n) is 9.56. The first-order valence-electron chi connectivity index (χ1n) is 6.21. The van der Waals surface area contributed by atoms with Gasteiger partial charge in [0.05, 0.1) is 18.1 Å². The molecule has 0 radical (unpaired) electrons. The molecule has 2 unspecified atom stereocenters. The Morgan fingerprint density at radius 2 is 1.88 bits per heavy atom. The van der Waals surface area contributed by atoms with Crippen LogP contribution in [0.2, 0.25) is 0 Å². The highest BCUT2D eigenvalue weighted by Crippen LogP contribution is 2.28. The maximum absolute atomic E-state index is 10.9. The summed E-state index contributed by atoms with van der Waals surface area (Å²) in [6.07, 6.45) is 5.83. The molecule has 1 saturated heterocycles. The van der Waals surface area contributed by atoms with Crippen LogP contribution in [0.4, 0.5) is 0 Å². The Bertz CT molecular complexity index is 235. The maximum Gasteiger partial charge on any atom is 0.306 e. The van der Waals surface area contributed by atoms with Crippen LogP contribution in [-0.2, 0) is 14.3 Å². The molecule has 2 fully saturated rings. The van der Waals surface area contributed by atoms with Crippen LogP contribution in [0.5, 0.6) is 0 Å². The number of carbonyl (C=O) groups is 1. The Kier molecular flexibility index (Phi) is 4.18. The standard InChI is InChI=1S/C12H20O4/c13-12(14)9-2-1-3-11(8-9)16-10-4-6-15-7-5-10/h9-11H,1-8H2,(H,13,14). The first-order chi connectivity index (χ1) is 7.75. The third kappa shape index (κ3) is 3.19. The van der Waals surface area contributed by atoms with E-state index in [1.54, 1.807) is 0 Å². The first kappa shape index (κ1) is 11.9. The Morgan fingerprint density at radius 3 is 2.56 bits per heavy atom. The fourth-order valence-electron chi connectivity index (χ4n) is 2.58. The summed E-state index contributed by atoms with van der Waals surface area (Å²) in [4.78, 5) is 10.9. The summed E-state index contributed by atoms with van der Waals surface area (Å²) in [7, 11) is 0. The molecule has 0 bridgehead atoms. The second-order valence-corrected chi connectivity index (χ2v) is 4.77. The number of hydrogen-bond donors (Lipinski definition) is 1. The van der Waals surface area contributed by atoms with E-state index < -0.39 is 5.97 Å². The van der Waals surface area contributed by atoms with Gasteiger partial charge in [0.25, 0.3) is 0 Å². The minimum atomic E-state index is -0.666. The smallest absolute Gasteiger partial charge is 0.306 e. The van der Waals surface area contributed by atoms with Gasteiger partial charge in [-0.1, -0.05) is 6.42 Å². The Hall–Kier alpha value is -0.610. The molecule has 92 valence electrons. The third-order valence-electron chi connectivity index (χ3n) is 3.53. The lowest BCUT2D eigenvalue weighted by atomic mass is 9.87. The van der Waals surface area contributed by atoms with Crippen LogP contribution in [0.3, 0.4) is 0 Å². The highest BCUT2D eigenvalue weighted by Gasteiger charge is 2.29. The maximum atomic E-state index is 10.9. The van der Waals surface area contributed by atoms with Gasteiger partial charge in [0, 0.05) is 13.2 Å². The molecule has 1 aliphatic carbocycles. The van der Waals surface area contributed by atoms with Crippen molar-refractivity contribution >= 4 is 5.97 Å². The number of carboxylic acid groups (broad SMARTS) is 1. The number of rotatable bonds is 3. The molecule has 1 aliphatic heterocycles. The number of ether oxygens (including phenoxy) is 2. The lowest BCUT2D eigenvalue weighted by molar-refractivity contribution is -0.146. The molecule has 2 atom stereocenters. The molecule has 4 nitrogen and oxygen atoms in total. The molecule has 0 aromatic heterocycles. The molecule has 0 amide bonds. The average Bonchev–Trinajstić information content (AvgIpc) is 2.30. The number of hydrogen-bond acceptors (Lipinski definition) is 3. The molecule has 1 heterocycles. The van der Waals surface area contributed by atoms with Crippen LogP contribution in [0, 0.1) is 5.92 Å². The van der Waals surface area contributed by atoms with E-state index in [1.165, 1.54) is 0 Å². The number of aliphatic carboxylic acids is 1. The van der Waals surface area contributed by atoms with Crippen molar-refractivity contribution in [3.8, 4) is 0 Å². The molecule has 16 heavy (non-hydrogen) atoms. The lowest BCUT2D eigenvalue weighted by Gasteiger charge is -2.32. The molecule has 1 N–H and O–H groups in total. The van der Waals surface area contributed by atoms with Crippen molar-refractivity contribution in [2.45, 2.75) is 50.7 Å². The molecule has 2 rings (SSSR count). The highest BCUT2D eigenvalue weighted by molar-refractivity contribution is 5.70. The van der Waals surface area contributed by atoms with Crippen molar-refractivity contribution in [2.75, 3.05) is 13.2 Å². The van der Waals surface area contributed by atoms with Gasteiger partial charge in [-0.25, -0.2) is 0 Å². The van der Waals surface area contributed by atoms with Crippen molar-refractivity contribution in [2.24, 2.45) is 5.92 Å². The minimum absolute atomic E-state index is 0.151. The second-order valence-electron chi connectivity index (χ2n) is 4.77. The zero-order chi connectivity index (χ0) is 11.4. The van der Waals surface area contributed by atoms with E-state index in [-0.39, 0.29) is 18.1 Å². The fraction of sp³-hybridized carbons (Fsp3) is 0.917. The van der Waals surface area contributed by atoms with Crippen molar-refractivity contribution in [3.63, 3.8) is 0 Å². The summed E-state index contributed by atoms with van der Waals surface area (Å²) in [5, 5.41) is 8.99. The Morgan fingerprint density at radius 1 is 1.12 bits per heavy atom. The normalized spacial score (nSPS) is 32.5. The van der Waals surface area contributed by atoms with E-state index in [0.29, 0.717) is 6.42 Å². The van der Waals surface area contributed by atoms with Crippen LogP contribution in [0.1, 0.15) is 38.5 Å². The van der Waals surface area contributed by atoms with E-state index >= 15 is 0 Å². The first-order valence-corrected chi connectivity index (χ1v) is 6.21. The lowest BCUT2D eigenvalue weighted by Crippen LogP contribution is -2.33. The summed E-state index contributed by atoms with van der Waals surface area (Å²) < 4.78 is 11.2. The molecule has 0 aromatic rings. The summed E-state index contributed by atoms with van der Waals surface area (Å²) in [5.74, 6) is -0.862. The van der Waals surface area contributed by atoms with Gasteiger partial charge >= 0.3 is 5.97 Å². The predicted molar refractivity (Wildman–Crippen MR) is 58.3 cm³/mol. The molecule has 1 saturated carbocycles. The SMILES string of the molecule is O=C(O)C1CCCC(OC2CCOCC2)C1. The summed E-state index contributed by atoms with van der Waals surface area (Å²) in [5.41, 5.74) is 0. The van der Waals surface area contributed by atoms with Crippen molar-refractivity contribution in [1.29, 1.82) is 0 Å². The summed E-state index contributed by atoms with van der Waals surface area (Å²) in [6, 6.07) is 0. The monoisotopic (exact) mass is 228 g/mol. The number of carboxylic acids is 1. The van der Waals surface area contributed by atoms with Crippen molar-refractivity contribution in [1.82, 2.24) is 0 Å². The summed E-state index contributed by atoms with van der Waals surface area (Å²) >= 11 is 0. The van der Waals surface area contributed by atoms with Gasteiger partial charge in [-0.05, 0) is 32.1 Å². The van der Waals surface area contributed by atoms with Gasteiger partial charge in [-0.3, -0.25) is 4.79 Å². The van der Waals surface area contributed by atoms with Gasteiger partial charge in [0.15, 0.2) is 0 Å². The summed E-state index contributed by atoms with van der Waals surface area (Å²) in [6.45, 7) is 1.56. The van der Waals surface area contributed by atoms with E-state index in [2.05, 4.69) is 0 Å². The second kappa shape index (κ2) is 5.64.